The lowest BCUT2D eigenvalue weighted by Gasteiger charge is -2.03. The van der Waals surface area contributed by atoms with Crippen LogP contribution in [0.15, 0.2) is 0 Å². The van der Waals surface area contributed by atoms with Crippen molar-refractivity contribution < 1.29 is 42.9 Å². The molecule has 0 unspecified atom stereocenters. The average molecular weight is 238 g/mol. The van der Waals surface area contributed by atoms with E-state index in [1.807, 2.05) is 0 Å². The molecule has 0 aromatic carbocycles. The second-order valence-electron chi connectivity index (χ2n) is 1.58. The summed E-state index contributed by atoms with van der Waals surface area (Å²) in [7, 11) is -10.1. The maximum atomic E-state index is 9.63. The molecule has 9 nitrogen and oxygen atoms in total. The second-order valence-corrected chi connectivity index (χ2v) is 4.20. The summed E-state index contributed by atoms with van der Waals surface area (Å²) in [6.07, 6.45) is 0. The smallest absolute Gasteiger partial charge is 0.478 e. The van der Waals surface area contributed by atoms with Crippen LogP contribution in [0.4, 0.5) is 0 Å². The Kier molecular flexibility index (Phi) is 6.39. The number of carboxylic acids is 1. The first-order valence-electron chi connectivity index (χ1n) is 2.46. The van der Waals surface area contributed by atoms with E-state index in [0.717, 1.165) is 6.92 Å². The first kappa shape index (κ1) is 15.2. The highest BCUT2D eigenvalue weighted by molar-refractivity contribution is 7.60. The molecule has 0 aliphatic rings. The molecule has 0 fully saturated rings. The number of aliphatic carboxylic acids is 1. The van der Waals surface area contributed by atoms with Gasteiger partial charge in [-0.1, -0.05) is 0 Å². The predicted octanol–water partition coefficient (Wildman–Crippen LogP) is -0.721. The van der Waals surface area contributed by atoms with E-state index >= 15 is 0 Å². The summed E-state index contributed by atoms with van der Waals surface area (Å²) >= 11 is 0. The van der Waals surface area contributed by atoms with Gasteiger partial charge in [0, 0.05) is 6.92 Å². The van der Waals surface area contributed by atoms with Crippen LogP contribution in [0.2, 0.25) is 0 Å². The number of carbonyl (C=O) groups is 1. The Balaban J connectivity index is 0. The normalized spacial score (nSPS) is 11.5. The van der Waals surface area contributed by atoms with Crippen LogP contribution in [-0.2, 0) is 18.2 Å². The van der Waals surface area contributed by atoms with Crippen molar-refractivity contribution in [2.75, 3.05) is 0 Å². The molecule has 0 aromatic heterocycles. The van der Waals surface area contributed by atoms with E-state index < -0.39 is 21.6 Å². The molecule has 11 heteroatoms. The lowest BCUT2D eigenvalue weighted by molar-refractivity contribution is -0.134. The van der Waals surface area contributed by atoms with Gasteiger partial charge in [-0.25, -0.2) is 9.13 Å². The first-order valence-corrected chi connectivity index (χ1v) is 5.52. The average Bonchev–Trinajstić information content (AvgIpc) is 1.47. The van der Waals surface area contributed by atoms with Gasteiger partial charge in [-0.2, -0.15) is 4.31 Å². The predicted molar refractivity (Wildman–Crippen MR) is 38.5 cm³/mol. The van der Waals surface area contributed by atoms with Gasteiger partial charge in [0.05, 0.1) is 0 Å². The molecule has 0 rings (SSSR count). The van der Waals surface area contributed by atoms with E-state index in [1.165, 1.54) is 0 Å². The van der Waals surface area contributed by atoms with Crippen LogP contribution >= 0.6 is 15.6 Å². The first-order chi connectivity index (χ1) is 5.44. The summed E-state index contributed by atoms with van der Waals surface area (Å²) in [4.78, 5) is 40.0. The van der Waals surface area contributed by atoms with Gasteiger partial charge < -0.3 is 24.7 Å². The van der Waals surface area contributed by atoms with Gasteiger partial charge in [0.15, 0.2) is 0 Å². The standard InChI is InChI=1S/C2H4O2.H4O7P2/c1-2(3)4;1-8(2,3)7-9(4,5)6/h1H3,(H,3,4);(H2,1,2,3)(H2,4,5,6). The summed E-state index contributed by atoms with van der Waals surface area (Å²) in [6, 6.07) is 0. The molecule has 80 valence electrons. The van der Waals surface area contributed by atoms with Crippen LogP contribution in [0.1, 0.15) is 6.92 Å². The van der Waals surface area contributed by atoms with Crippen LogP contribution in [0.3, 0.4) is 0 Å². The lowest BCUT2D eigenvalue weighted by Crippen LogP contribution is -1.84. The number of phosphoric acid groups is 2. The van der Waals surface area contributed by atoms with Crippen molar-refractivity contribution in [1.82, 2.24) is 0 Å². The third-order valence-electron chi connectivity index (χ3n) is 0.213. The fraction of sp³-hybridized carbons (Fsp3) is 0.500. The molecule has 0 aliphatic heterocycles. The summed E-state index contributed by atoms with van der Waals surface area (Å²) in [5.74, 6) is -0.833. The van der Waals surface area contributed by atoms with Crippen molar-refractivity contribution in [1.29, 1.82) is 0 Å². The molecule has 13 heavy (non-hydrogen) atoms. The molecule has 0 aromatic rings. The van der Waals surface area contributed by atoms with E-state index in [0.29, 0.717) is 0 Å². The Bertz CT molecular complexity index is 220. The van der Waals surface area contributed by atoms with E-state index in [4.69, 9.17) is 29.5 Å². The highest BCUT2D eigenvalue weighted by atomic mass is 31.3. The van der Waals surface area contributed by atoms with Crippen molar-refractivity contribution >= 4 is 21.6 Å². The third kappa shape index (κ3) is 33.8. The SMILES string of the molecule is CC(=O)O.O=P(O)(O)OP(=O)(O)O. The maximum Gasteiger partial charge on any atom is 0.478 e. The number of carboxylic acid groups (broad SMARTS) is 1. The van der Waals surface area contributed by atoms with Crippen molar-refractivity contribution in [3.63, 3.8) is 0 Å². The van der Waals surface area contributed by atoms with Gasteiger partial charge in [-0.3, -0.25) is 4.79 Å². The molecule has 0 spiro atoms. The fourth-order valence-corrected chi connectivity index (χ4v) is 1.25. The zero-order chi connectivity index (χ0) is 11.3. The summed E-state index contributed by atoms with van der Waals surface area (Å²) in [5.41, 5.74) is 0. The van der Waals surface area contributed by atoms with Crippen LogP contribution in [0, 0.1) is 0 Å². The molecule has 0 bridgehead atoms. The minimum absolute atomic E-state index is 0.833. The van der Waals surface area contributed by atoms with E-state index in [9.17, 15) is 9.13 Å². The van der Waals surface area contributed by atoms with E-state index in [2.05, 4.69) is 4.31 Å². The van der Waals surface area contributed by atoms with Crippen LogP contribution < -0.4 is 0 Å². The quantitative estimate of drug-likeness (QED) is 0.390. The molecule has 5 N–H and O–H groups in total. The Morgan fingerprint density at radius 3 is 1.23 bits per heavy atom. The van der Waals surface area contributed by atoms with Gasteiger partial charge in [-0.05, 0) is 0 Å². The largest absolute Gasteiger partial charge is 0.481 e. The molecular formula is C2H8O9P2. The van der Waals surface area contributed by atoms with E-state index in [-0.39, 0.29) is 0 Å². The fourth-order valence-electron chi connectivity index (χ4n) is 0.139. The van der Waals surface area contributed by atoms with Crippen LogP contribution in [-0.4, -0.2) is 30.6 Å². The number of hydrogen-bond donors (Lipinski definition) is 5. The van der Waals surface area contributed by atoms with Gasteiger partial charge in [-0.15, -0.1) is 0 Å². The summed E-state index contributed by atoms with van der Waals surface area (Å²) in [6.45, 7) is 1.08. The lowest BCUT2D eigenvalue weighted by atomic mass is 10.9. The minimum atomic E-state index is -5.05. The minimum Gasteiger partial charge on any atom is -0.481 e. The van der Waals surface area contributed by atoms with Crippen molar-refractivity contribution in [3.8, 4) is 0 Å². The molecule has 0 heterocycles. The zero-order valence-corrected chi connectivity index (χ0v) is 8.05. The summed E-state index contributed by atoms with van der Waals surface area (Å²) < 4.78 is 22.2. The molecule has 0 radical (unpaired) electrons. The molecule has 0 atom stereocenters. The van der Waals surface area contributed by atoms with E-state index in [1.54, 1.807) is 0 Å². The second kappa shape index (κ2) is 5.46. The topological polar surface area (TPSA) is 162 Å². The Hall–Kier alpha value is -0.270. The highest BCUT2D eigenvalue weighted by Crippen LogP contribution is 2.53. The van der Waals surface area contributed by atoms with Gasteiger partial charge in [0.2, 0.25) is 0 Å². The van der Waals surface area contributed by atoms with Gasteiger partial charge >= 0.3 is 15.6 Å². The molecule has 0 aliphatic carbocycles. The Labute approximate surface area is 72.5 Å². The van der Waals surface area contributed by atoms with Crippen molar-refractivity contribution in [3.05, 3.63) is 0 Å². The van der Waals surface area contributed by atoms with Crippen molar-refractivity contribution in [2.45, 2.75) is 6.92 Å². The van der Waals surface area contributed by atoms with Crippen LogP contribution in [0.5, 0.6) is 0 Å². The maximum absolute atomic E-state index is 9.63. The Morgan fingerprint density at radius 1 is 1.08 bits per heavy atom. The highest BCUT2D eigenvalue weighted by Gasteiger charge is 2.27. The van der Waals surface area contributed by atoms with Crippen LogP contribution in [0.25, 0.3) is 0 Å². The summed E-state index contributed by atoms with van der Waals surface area (Å²) in [5, 5.41) is 7.42. The Morgan fingerprint density at radius 2 is 1.23 bits per heavy atom. The van der Waals surface area contributed by atoms with Crippen molar-refractivity contribution in [2.24, 2.45) is 0 Å². The zero-order valence-electron chi connectivity index (χ0n) is 6.26. The monoisotopic (exact) mass is 238 g/mol. The van der Waals surface area contributed by atoms with Gasteiger partial charge in [0.25, 0.3) is 5.97 Å². The molecule has 0 saturated heterocycles. The van der Waals surface area contributed by atoms with Gasteiger partial charge in [0.1, 0.15) is 0 Å². The molecule has 0 saturated carbocycles. The number of rotatable bonds is 2. The third-order valence-corrected chi connectivity index (χ3v) is 1.91. The molecular weight excluding hydrogens is 230 g/mol. The number of hydrogen-bond acceptors (Lipinski definition) is 4. The molecule has 0 amide bonds.